The number of halogens is 1. The normalized spacial score (nSPS) is 12.9. The minimum atomic E-state index is -1.28. The van der Waals surface area contributed by atoms with Crippen molar-refractivity contribution in [3.8, 4) is 0 Å². The predicted molar refractivity (Wildman–Crippen MR) is 122 cm³/mol. The largest absolute Gasteiger partial charge is 0.477 e. The van der Waals surface area contributed by atoms with Crippen molar-refractivity contribution in [3.63, 3.8) is 0 Å². The Kier molecular flexibility index (Phi) is 4.90. The molecule has 5 rings (SSSR count). The number of carbonyl (C=O) groups is 1. The van der Waals surface area contributed by atoms with Crippen LogP contribution in [-0.4, -0.2) is 25.6 Å². The maximum atomic E-state index is 12.9. The summed E-state index contributed by atoms with van der Waals surface area (Å²) < 4.78 is 1.71. The lowest BCUT2D eigenvalue weighted by Crippen LogP contribution is -2.22. The molecule has 4 heterocycles. The SMILES string of the molecule is Cc1ccccc1Cn1cc(C(=O)O)c(=O)c2cc(Cl)c(N3Cc4cccnc4C3)nc21. The standard InChI is InChI=1S/C24H19ClN4O3/c1-14-5-2-3-6-15(14)10-28-12-18(24(31)32)21(30)17-9-19(25)23(27-22(17)28)29-11-16-7-4-8-26-20(16)13-29/h2-9,12H,10-11,13H2,1H3,(H,31,32). The zero-order valence-electron chi connectivity index (χ0n) is 17.2. The van der Waals surface area contributed by atoms with E-state index in [0.717, 1.165) is 22.4 Å². The molecule has 1 aromatic carbocycles. The predicted octanol–water partition coefficient (Wildman–Crippen LogP) is 4.02. The van der Waals surface area contributed by atoms with Gasteiger partial charge in [0, 0.05) is 25.5 Å². The molecule has 0 saturated heterocycles. The summed E-state index contributed by atoms with van der Waals surface area (Å²) in [7, 11) is 0. The van der Waals surface area contributed by atoms with Gasteiger partial charge in [0.25, 0.3) is 0 Å². The molecule has 1 aliphatic heterocycles. The first kappa shape index (κ1) is 20.2. The number of nitrogens with zero attached hydrogens (tertiary/aromatic N) is 4. The number of aromatic nitrogens is 3. The molecule has 0 aliphatic carbocycles. The Morgan fingerprint density at radius 2 is 2.00 bits per heavy atom. The Hall–Kier alpha value is -3.71. The fourth-order valence-corrected chi connectivity index (χ4v) is 4.36. The lowest BCUT2D eigenvalue weighted by atomic mass is 10.1. The molecule has 0 radical (unpaired) electrons. The van der Waals surface area contributed by atoms with Crippen LogP contribution in [0, 0.1) is 6.92 Å². The Morgan fingerprint density at radius 1 is 1.19 bits per heavy atom. The Morgan fingerprint density at radius 3 is 2.75 bits per heavy atom. The summed E-state index contributed by atoms with van der Waals surface area (Å²) in [6.45, 7) is 3.53. The van der Waals surface area contributed by atoms with E-state index in [9.17, 15) is 14.7 Å². The molecule has 3 aromatic heterocycles. The van der Waals surface area contributed by atoms with E-state index in [1.165, 1.54) is 12.3 Å². The third-order valence-electron chi connectivity index (χ3n) is 5.80. The minimum absolute atomic E-state index is 0.182. The van der Waals surface area contributed by atoms with E-state index in [1.807, 2.05) is 48.2 Å². The van der Waals surface area contributed by atoms with E-state index < -0.39 is 11.4 Å². The van der Waals surface area contributed by atoms with Gasteiger partial charge >= 0.3 is 5.97 Å². The molecule has 7 nitrogen and oxygen atoms in total. The smallest absolute Gasteiger partial charge is 0.341 e. The molecule has 0 spiro atoms. The molecule has 0 unspecified atom stereocenters. The number of carboxylic acids is 1. The van der Waals surface area contributed by atoms with Gasteiger partial charge in [0.2, 0.25) is 5.43 Å². The van der Waals surface area contributed by atoms with Crippen LogP contribution in [0.2, 0.25) is 5.02 Å². The summed E-state index contributed by atoms with van der Waals surface area (Å²) in [5.41, 5.74) is 3.62. The number of benzene rings is 1. The number of rotatable bonds is 4. The third kappa shape index (κ3) is 3.40. The summed E-state index contributed by atoms with van der Waals surface area (Å²) in [4.78, 5) is 35.8. The first-order valence-electron chi connectivity index (χ1n) is 10.1. The van der Waals surface area contributed by atoms with Crippen molar-refractivity contribution in [2.75, 3.05) is 4.90 Å². The van der Waals surface area contributed by atoms with Gasteiger partial charge in [0.15, 0.2) is 5.82 Å². The first-order chi connectivity index (χ1) is 15.4. The molecule has 0 bridgehead atoms. The Bertz CT molecular complexity index is 1420. The average molecular weight is 447 g/mol. The first-order valence-corrected chi connectivity index (χ1v) is 10.5. The topological polar surface area (TPSA) is 88.3 Å². The summed E-state index contributed by atoms with van der Waals surface area (Å²) in [5.74, 6) is -0.741. The van der Waals surface area contributed by atoms with Gasteiger partial charge in [-0.25, -0.2) is 9.78 Å². The second kappa shape index (κ2) is 7.76. The third-order valence-corrected chi connectivity index (χ3v) is 6.08. The van der Waals surface area contributed by atoms with Gasteiger partial charge in [-0.2, -0.15) is 0 Å². The van der Waals surface area contributed by atoms with Crippen molar-refractivity contribution in [2.45, 2.75) is 26.6 Å². The highest BCUT2D eigenvalue weighted by molar-refractivity contribution is 6.33. The average Bonchev–Trinajstić information content (AvgIpc) is 3.20. The number of fused-ring (bicyclic) bond motifs is 2. The van der Waals surface area contributed by atoms with Crippen LogP contribution < -0.4 is 10.3 Å². The molecule has 1 N–H and O–H groups in total. The van der Waals surface area contributed by atoms with Crippen LogP contribution in [0.25, 0.3) is 11.0 Å². The molecule has 0 fully saturated rings. The van der Waals surface area contributed by atoms with E-state index in [0.29, 0.717) is 36.1 Å². The van der Waals surface area contributed by atoms with Crippen LogP contribution in [0.3, 0.4) is 0 Å². The molecular weight excluding hydrogens is 428 g/mol. The van der Waals surface area contributed by atoms with Crippen molar-refractivity contribution in [1.29, 1.82) is 0 Å². The highest BCUT2D eigenvalue weighted by atomic mass is 35.5. The maximum Gasteiger partial charge on any atom is 0.341 e. The molecule has 0 saturated carbocycles. The summed E-state index contributed by atoms with van der Waals surface area (Å²) in [6.07, 6.45) is 3.12. The van der Waals surface area contributed by atoms with Crippen LogP contribution in [-0.2, 0) is 19.6 Å². The van der Waals surface area contributed by atoms with Gasteiger partial charge < -0.3 is 14.6 Å². The number of aryl methyl sites for hydroxylation is 1. The monoisotopic (exact) mass is 446 g/mol. The van der Waals surface area contributed by atoms with Crippen molar-refractivity contribution in [2.24, 2.45) is 0 Å². The molecule has 8 heteroatoms. The van der Waals surface area contributed by atoms with Gasteiger partial charge in [0.1, 0.15) is 11.2 Å². The second-order valence-corrected chi connectivity index (χ2v) is 8.27. The van der Waals surface area contributed by atoms with E-state index in [4.69, 9.17) is 16.6 Å². The van der Waals surface area contributed by atoms with Crippen molar-refractivity contribution >= 4 is 34.4 Å². The van der Waals surface area contributed by atoms with Gasteiger partial charge in [0.05, 0.1) is 22.6 Å². The number of pyridine rings is 3. The van der Waals surface area contributed by atoms with Crippen molar-refractivity contribution in [3.05, 3.63) is 98.1 Å². The molecule has 1 aliphatic rings. The molecule has 32 heavy (non-hydrogen) atoms. The van der Waals surface area contributed by atoms with Gasteiger partial charge in [-0.3, -0.25) is 9.78 Å². The van der Waals surface area contributed by atoms with Crippen LogP contribution in [0.15, 0.2) is 59.7 Å². The number of hydrogen-bond acceptors (Lipinski definition) is 5. The quantitative estimate of drug-likeness (QED) is 0.509. The molecule has 4 aromatic rings. The maximum absolute atomic E-state index is 12.9. The zero-order valence-corrected chi connectivity index (χ0v) is 18.0. The lowest BCUT2D eigenvalue weighted by molar-refractivity contribution is 0.0695. The van der Waals surface area contributed by atoms with Gasteiger partial charge in [-0.15, -0.1) is 0 Å². The number of anilines is 1. The lowest BCUT2D eigenvalue weighted by Gasteiger charge is -2.20. The second-order valence-electron chi connectivity index (χ2n) is 7.86. The van der Waals surface area contributed by atoms with Gasteiger partial charge in [-0.05, 0) is 35.7 Å². The van der Waals surface area contributed by atoms with Crippen LogP contribution in [0.5, 0.6) is 0 Å². The summed E-state index contributed by atoms with van der Waals surface area (Å²) >= 11 is 6.55. The van der Waals surface area contributed by atoms with E-state index >= 15 is 0 Å². The van der Waals surface area contributed by atoms with Crippen LogP contribution in [0.1, 0.15) is 32.7 Å². The van der Waals surface area contributed by atoms with E-state index in [-0.39, 0.29) is 10.9 Å². The van der Waals surface area contributed by atoms with Gasteiger partial charge in [-0.1, -0.05) is 41.9 Å². The summed E-state index contributed by atoms with van der Waals surface area (Å²) in [6, 6.07) is 13.3. The molecule has 160 valence electrons. The fraction of sp³-hybridized carbons (Fsp3) is 0.167. The number of carboxylic acid groups (broad SMARTS) is 1. The summed E-state index contributed by atoms with van der Waals surface area (Å²) in [5, 5.41) is 10.1. The van der Waals surface area contributed by atoms with E-state index in [1.54, 1.807) is 10.8 Å². The Balaban J connectivity index is 1.68. The van der Waals surface area contributed by atoms with Crippen molar-refractivity contribution < 1.29 is 9.90 Å². The fourth-order valence-electron chi connectivity index (χ4n) is 4.09. The number of hydrogen-bond donors (Lipinski definition) is 1. The Labute approximate surface area is 188 Å². The zero-order chi connectivity index (χ0) is 22.4. The molecule has 0 atom stereocenters. The minimum Gasteiger partial charge on any atom is -0.477 e. The number of aromatic carboxylic acids is 1. The van der Waals surface area contributed by atoms with Crippen LogP contribution in [0.4, 0.5) is 5.82 Å². The molecule has 0 amide bonds. The highest BCUT2D eigenvalue weighted by Gasteiger charge is 2.25. The highest BCUT2D eigenvalue weighted by Crippen LogP contribution is 2.32. The van der Waals surface area contributed by atoms with E-state index in [2.05, 4.69) is 4.98 Å². The molecular formula is C24H19ClN4O3. The van der Waals surface area contributed by atoms with Crippen molar-refractivity contribution in [1.82, 2.24) is 14.5 Å². The van der Waals surface area contributed by atoms with Crippen LogP contribution >= 0.6 is 11.6 Å².